The van der Waals surface area contributed by atoms with E-state index < -0.39 is 31.7 Å². The normalized spacial score (nSPS) is 11.6. The Labute approximate surface area is 612 Å². The molecule has 2 atom stereocenters. The molecule has 102 heavy (non-hydrogen) atoms. The topological polar surface area (TPSA) is 136 Å². The van der Waals surface area contributed by atoms with E-state index in [1.807, 2.05) is 73.6 Å². The molecule has 0 aliphatic heterocycles. The third kappa shape index (κ3) is 20.8. The maximum Gasteiger partial charge on any atom is 0.131 e. The SMILES string of the molecule is CC(c1cn(CP(c2ccccc2)c2ccccc2)nn1)P(c1ccccc1)c1ccccc1.CC(c1cn(CSc2ccccc2)nn1)P(c1ccccc1)c1ccccc1.CCc1cn(CSc2ccccc2)nn1.c1ccc(P(Cn2cc(-c3ccccn3)nn2)c2ccccc2)cc1. The van der Waals surface area contributed by atoms with Crippen molar-refractivity contribution in [1.82, 2.24) is 65.0 Å². The van der Waals surface area contributed by atoms with E-state index in [9.17, 15) is 0 Å². The summed E-state index contributed by atoms with van der Waals surface area (Å²) >= 11 is 3.52. The predicted octanol–water partition coefficient (Wildman–Crippen LogP) is 16.8. The molecule has 0 amide bonds. The number of benzene rings is 10. The van der Waals surface area contributed by atoms with Crippen LogP contribution in [0.1, 0.15) is 49.2 Å². The maximum atomic E-state index is 4.67. The number of hydrogen-bond acceptors (Lipinski definition) is 11. The van der Waals surface area contributed by atoms with E-state index in [2.05, 4.69) is 358 Å². The summed E-state index contributed by atoms with van der Waals surface area (Å²) in [5.74, 6) is 1.58. The summed E-state index contributed by atoms with van der Waals surface area (Å²) in [5.41, 5.74) is 5.34. The monoisotopic (exact) mass is 1450 g/mol. The molecular weight excluding hydrogens is 1370 g/mol. The van der Waals surface area contributed by atoms with Crippen molar-refractivity contribution in [3.63, 3.8) is 0 Å². The number of thioether (sulfide) groups is 2. The molecule has 0 fully saturated rings. The van der Waals surface area contributed by atoms with Crippen LogP contribution in [0.4, 0.5) is 0 Å². The van der Waals surface area contributed by atoms with Crippen molar-refractivity contribution < 1.29 is 0 Å². The first-order valence-electron chi connectivity index (χ1n) is 33.8. The van der Waals surface area contributed by atoms with Crippen molar-refractivity contribution in [1.29, 1.82) is 0 Å². The van der Waals surface area contributed by atoms with E-state index in [4.69, 9.17) is 0 Å². The minimum atomic E-state index is -0.594. The third-order valence-electron chi connectivity index (χ3n) is 16.4. The van der Waals surface area contributed by atoms with Gasteiger partial charge in [0.15, 0.2) is 0 Å². The van der Waals surface area contributed by atoms with Crippen LogP contribution < -0.4 is 42.4 Å². The molecule has 19 heteroatoms. The molecular formula is C83H79N13P4S2. The Morgan fingerprint density at radius 1 is 0.304 bits per heavy atom. The van der Waals surface area contributed by atoms with Gasteiger partial charge in [0, 0.05) is 39.7 Å². The largest absolute Gasteiger partial charge is 0.254 e. The van der Waals surface area contributed by atoms with Crippen molar-refractivity contribution in [3.05, 3.63) is 370 Å². The summed E-state index contributed by atoms with van der Waals surface area (Å²) < 4.78 is 7.78. The summed E-state index contributed by atoms with van der Waals surface area (Å²) in [4.78, 5) is 6.84. The molecule has 0 N–H and O–H groups in total. The lowest BCUT2D eigenvalue weighted by Crippen LogP contribution is -2.16. The van der Waals surface area contributed by atoms with Crippen LogP contribution in [0.3, 0.4) is 0 Å². The van der Waals surface area contributed by atoms with Gasteiger partial charge in [0.2, 0.25) is 0 Å². The molecule has 13 nitrogen and oxygen atoms in total. The van der Waals surface area contributed by atoms with Gasteiger partial charge in [0.1, 0.15) is 5.69 Å². The van der Waals surface area contributed by atoms with Gasteiger partial charge in [-0.05, 0) is 117 Å². The maximum absolute atomic E-state index is 4.67. The number of nitrogens with zero attached hydrogens (tertiary/aromatic N) is 13. The first-order valence-corrected chi connectivity index (χ1v) is 41.6. The summed E-state index contributed by atoms with van der Waals surface area (Å²) in [5, 5.41) is 45.7. The highest BCUT2D eigenvalue weighted by molar-refractivity contribution is 7.98. The van der Waals surface area contributed by atoms with Gasteiger partial charge in [0.25, 0.3) is 0 Å². The highest BCUT2D eigenvalue weighted by Gasteiger charge is 2.27. The number of pyridine rings is 1. The average Bonchev–Trinajstić information content (AvgIpc) is 1.61. The molecule has 10 aromatic carbocycles. The van der Waals surface area contributed by atoms with Crippen molar-refractivity contribution in [2.45, 2.75) is 72.6 Å². The van der Waals surface area contributed by atoms with Crippen LogP contribution in [-0.2, 0) is 30.7 Å². The van der Waals surface area contributed by atoms with Gasteiger partial charge in [-0.2, -0.15) is 0 Å². The lowest BCUT2D eigenvalue weighted by atomic mass is 10.3. The third-order valence-corrected chi connectivity index (χ3v) is 28.7. The number of aryl methyl sites for hydroxylation is 1. The standard InChI is InChI=1S/C29H27N3P2.C23H22N3PS.C20H17N4P.C11H13N3S/c1-24(34(27-18-10-4-11-19-27)28-20-12-5-13-21-28)29-22-32(31-30-29)23-33(25-14-6-2-7-15-25)26-16-8-3-9-17-26;1-19(23-17-26(25-24-23)18-28-22-15-9-4-10-16-22)27(20-11-5-2-6-12-20)21-13-7-3-8-14-21;1-3-9-17(10-4-1)25(18-11-5-2-6-12-18)16-24-15-20(22-23-24)19-13-7-8-14-21-19;1-2-10-8-14(13-12-10)9-15-11-6-4-3-5-7-11/h2-22,24H,23H2,1H3;2-17,19H,18H2,1H3;1-15H,16H2;3-8H,2,9H2,1H3. The van der Waals surface area contributed by atoms with Gasteiger partial charge >= 0.3 is 0 Å². The highest BCUT2D eigenvalue weighted by Crippen LogP contribution is 2.50. The second kappa shape index (κ2) is 38.4. The Balaban J connectivity index is 0.000000133. The van der Waals surface area contributed by atoms with Crippen molar-refractivity contribution in [2.24, 2.45) is 0 Å². The molecule has 0 spiro atoms. The van der Waals surface area contributed by atoms with Gasteiger partial charge in [0.05, 0.1) is 59.5 Å². The first-order chi connectivity index (χ1) is 50.4. The lowest BCUT2D eigenvalue weighted by Gasteiger charge is -2.24. The molecule has 0 radical (unpaired) electrons. The zero-order valence-corrected chi connectivity index (χ0v) is 62.3. The van der Waals surface area contributed by atoms with Crippen LogP contribution >= 0.6 is 55.2 Å². The van der Waals surface area contributed by atoms with Crippen molar-refractivity contribution >= 4 is 97.6 Å². The Bertz CT molecular complexity index is 4650. The fourth-order valence-corrected chi connectivity index (χ4v) is 22.0. The molecule has 2 unspecified atom stereocenters. The van der Waals surface area contributed by atoms with Gasteiger partial charge in [-0.1, -0.05) is 327 Å². The van der Waals surface area contributed by atoms with Crippen LogP contribution in [0.25, 0.3) is 11.4 Å². The van der Waals surface area contributed by atoms with Crippen LogP contribution in [0.5, 0.6) is 0 Å². The van der Waals surface area contributed by atoms with Crippen LogP contribution in [-0.4, -0.2) is 65.0 Å². The molecule has 0 saturated carbocycles. The first kappa shape index (κ1) is 72.1. The van der Waals surface area contributed by atoms with Crippen LogP contribution in [0.2, 0.25) is 0 Å². The molecule has 5 aromatic heterocycles. The predicted molar refractivity (Wildman–Crippen MR) is 430 cm³/mol. The van der Waals surface area contributed by atoms with E-state index in [1.165, 1.54) is 52.2 Å². The minimum absolute atomic E-state index is 0.258. The van der Waals surface area contributed by atoms with Crippen LogP contribution in [0.15, 0.2) is 362 Å². The summed E-state index contributed by atoms with van der Waals surface area (Å²) in [6, 6.07) is 112. The lowest BCUT2D eigenvalue weighted by molar-refractivity contribution is 0.697. The molecule has 5 heterocycles. The second-order valence-corrected chi connectivity index (χ2v) is 34.9. The number of hydrogen-bond donors (Lipinski definition) is 0. The van der Waals surface area contributed by atoms with Gasteiger partial charge in [-0.25, -0.2) is 18.7 Å². The Hall–Kier alpha value is -9.67. The minimum Gasteiger partial charge on any atom is -0.254 e. The Morgan fingerprint density at radius 3 is 0.961 bits per heavy atom. The van der Waals surface area contributed by atoms with E-state index in [-0.39, 0.29) is 11.3 Å². The highest BCUT2D eigenvalue weighted by atomic mass is 32.2. The molecule has 0 bridgehead atoms. The fourth-order valence-electron chi connectivity index (χ4n) is 11.2. The van der Waals surface area contributed by atoms with E-state index in [1.54, 1.807) is 29.7 Å². The Morgan fingerprint density at radius 2 is 0.608 bits per heavy atom. The smallest absolute Gasteiger partial charge is 0.131 e. The van der Waals surface area contributed by atoms with Gasteiger partial charge in [-0.3, -0.25) is 4.98 Å². The van der Waals surface area contributed by atoms with E-state index in [0.29, 0.717) is 0 Å². The molecule has 508 valence electrons. The number of rotatable bonds is 24. The quantitative estimate of drug-likeness (QED) is 0.0422. The van der Waals surface area contributed by atoms with Crippen molar-refractivity contribution in [3.8, 4) is 11.4 Å². The van der Waals surface area contributed by atoms with E-state index >= 15 is 0 Å². The van der Waals surface area contributed by atoms with Gasteiger partial charge < -0.3 is 0 Å². The molecule has 0 aliphatic carbocycles. The van der Waals surface area contributed by atoms with Gasteiger partial charge in [-0.15, -0.1) is 43.9 Å². The number of aromatic nitrogens is 13. The average molecular weight is 1450 g/mol. The van der Waals surface area contributed by atoms with Crippen molar-refractivity contribution in [2.75, 3.05) is 0 Å². The molecule has 15 aromatic rings. The second-order valence-electron chi connectivity index (χ2n) is 23.4. The summed E-state index contributed by atoms with van der Waals surface area (Å²) in [6.07, 6.45) is 12.6. The molecule has 15 rings (SSSR count). The Kier molecular flexibility index (Phi) is 27.1. The molecule has 0 saturated heterocycles. The molecule has 0 aliphatic rings. The summed E-state index contributed by atoms with van der Waals surface area (Å²) in [6.45, 7) is 6.64. The van der Waals surface area contributed by atoms with Crippen LogP contribution in [0, 0.1) is 0 Å². The summed E-state index contributed by atoms with van der Waals surface area (Å²) in [7, 11) is -2.26. The zero-order valence-electron chi connectivity index (χ0n) is 57.1. The van der Waals surface area contributed by atoms with E-state index in [0.717, 1.165) is 59.2 Å². The fraction of sp³-hybridized carbons (Fsp3) is 0.120. The zero-order chi connectivity index (χ0) is 69.8.